The molecule has 1 fully saturated rings. The number of ether oxygens (including phenoxy) is 1. The monoisotopic (exact) mass is 525 g/mol. The van der Waals surface area contributed by atoms with Crippen LogP contribution in [0.2, 0.25) is 5.02 Å². The second-order valence-electron chi connectivity index (χ2n) is 9.40. The molecule has 3 aromatic carbocycles. The van der Waals surface area contributed by atoms with Gasteiger partial charge in [-0.15, -0.1) is 0 Å². The largest absolute Gasteiger partial charge is 0.489 e. The molecule has 2 heterocycles. The van der Waals surface area contributed by atoms with Gasteiger partial charge in [-0.2, -0.15) is 0 Å². The lowest BCUT2D eigenvalue weighted by molar-refractivity contribution is -0.123. The number of rotatable bonds is 7. The standard InChI is InChI=1S/C31H28ClN3O3/c1-20-7-6-8-23(15-20)18-34-30(36)29(33-31(34)37)17-25-16-21(2)35(22(25)3)26-11-13-27(14-12-26)38-19-24-9-4-5-10-28(24)32/h4-17H,18-19H2,1-3H3,(H,33,37)/b29-17+. The molecule has 6 nitrogen and oxygen atoms in total. The number of benzene rings is 3. The molecule has 4 aromatic rings. The van der Waals surface area contributed by atoms with Crippen molar-refractivity contribution >= 4 is 29.6 Å². The molecule has 0 saturated carbocycles. The molecule has 0 atom stereocenters. The molecule has 192 valence electrons. The summed E-state index contributed by atoms with van der Waals surface area (Å²) in [6.45, 7) is 6.60. The lowest BCUT2D eigenvalue weighted by Gasteiger charge is -2.12. The third kappa shape index (κ3) is 5.22. The van der Waals surface area contributed by atoms with Crippen LogP contribution in [0.4, 0.5) is 4.79 Å². The smallest absolute Gasteiger partial charge is 0.329 e. The number of carbonyl (C=O) groups excluding carboxylic acids is 2. The second-order valence-corrected chi connectivity index (χ2v) is 9.81. The van der Waals surface area contributed by atoms with Crippen LogP contribution in [-0.4, -0.2) is 21.4 Å². The zero-order chi connectivity index (χ0) is 26.8. The van der Waals surface area contributed by atoms with E-state index in [1.807, 2.05) is 99.6 Å². The quantitative estimate of drug-likeness (QED) is 0.215. The van der Waals surface area contributed by atoms with E-state index in [0.29, 0.717) is 11.6 Å². The van der Waals surface area contributed by atoms with Crippen LogP contribution in [0.5, 0.6) is 5.75 Å². The van der Waals surface area contributed by atoms with E-state index in [1.54, 1.807) is 6.08 Å². The highest BCUT2D eigenvalue weighted by molar-refractivity contribution is 6.31. The maximum absolute atomic E-state index is 13.1. The number of urea groups is 1. The van der Waals surface area contributed by atoms with Crippen LogP contribution in [0.3, 0.4) is 0 Å². The van der Waals surface area contributed by atoms with Crippen molar-refractivity contribution in [3.63, 3.8) is 0 Å². The topological polar surface area (TPSA) is 63.6 Å². The van der Waals surface area contributed by atoms with Crippen molar-refractivity contribution in [3.05, 3.63) is 123 Å². The second kappa shape index (κ2) is 10.6. The Kier molecular flexibility index (Phi) is 7.07. The van der Waals surface area contributed by atoms with E-state index in [1.165, 1.54) is 4.90 Å². The predicted molar refractivity (Wildman–Crippen MR) is 149 cm³/mol. The molecule has 0 spiro atoms. The van der Waals surface area contributed by atoms with E-state index in [2.05, 4.69) is 9.88 Å². The highest BCUT2D eigenvalue weighted by Crippen LogP contribution is 2.26. The van der Waals surface area contributed by atoms with Crippen molar-refractivity contribution in [2.45, 2.75) is 33.9 Å². The van der Waals surface area contributed by atoms with Crippen LogP contribution in [0, 0.1) is 20.8 Å². The minimum Gasteiger partial charge on any atom is -0.489 e. The summed E-state index contributed by atoms with van der Waals surface area (Å²) in [6, 6.07) is 24.8. The molecule has 0 bridgehead atoms. The van der Waals surface area contributed by atoms with Gasteiger partial charge >= 0.3 is 6.03 Å². The Morgan fingerprint density at radius 2 is 1.68 bits per heavy atom. The van der Waals surface area contributed by atoms with Crippen molar-refractivity contribution in [2.75, 3.05) is 0 Å². The molecule has 7 heteroatoms. The molecule has 3 amide bonds. The van der Waals surface area contributed by atoms with Crippen LogP contribution in [-0.2, 0) is 17.9 Å². The van der Waals surface area contributed by atoms with Crippen LogP contribution in [0.15, 0.2) is 84.6 Å². The number of carbonyl (C=O) groups is 2. The summed E-state index contributed by atoms with van der Waals surface area (Å²) < 4.78 is 8.02. The number of imide groups is 1. The van der Waals surface area contributed by atoms with Gasteiger partial charge in [-0.1, -0.05) is 59.6 Å². The van der Waals surface area contributed by atoms with Crippen LogP contribution in [0.25, 0.3) is 11.8 Å². The molecule has 0 aliphatic carbocycles. The van der Waals surface area contributed by atoms with Crippen LogP contribution >= 0.6 is 11.6 Å². The van der Waals surface area contributed by atoms with Crippen molar-refractivity contribution in [1.82, 2.24) is 14.8 Å². The molecular formula is C31H28ClN3O3. The van der Waals surface area contributed by atoms with Crippen LogP contribution in [0.1, 0.15) is 33.6 Å². The van der Waals surface area contributed by atoms with Gasteiger partial charge < -0.3 is 14.6 Å². The van der Waals surface area contributed by atoms with E-state index in [4.69, 9.17) is 16.3 Å². The normalized spacial score (nSPS) is 14.3. The fourth-order valence-electron chi connectivity index (χ4n) is 4.66. The zero-order valence-electron chi connectivity index (χ0n) is 21.5. The maximum atomic E-state index is 13.1. The van der Waals surface area contributed by atoms with Gasteiger partial charge in [0.2, 0.25) is 0 Å². The lowest BCUT2D eigenvalue weighted by atomic mass is 10.1. The number of halogens is 1. The summed E-state index contributed by atoms with van der Waals surface area (Å²) >= 11 is 6.23. The molecule has 1 aliphatic rings. The van der Waals surface area contributed by atoms with Gasteiger partial charge in [-0.3, -0.25) is 9.69 Å². The van der Waals surface area contributed by atoms with E-state index >= 15 is 0 Å². The van der Waals surface area contributed by atoms with Gasteiger partial charge in [-0.25, -0.2) is 4.79 Å². The van der Waals surface area contributed by atoms with Gasteiger partial charge in [0.25, 0.3) is 5.91 Å². The maximum Gasteiger partial charge on any atom is 0.329 e. The van der Waals surface area contributed by atoms with E-state index in [9.17, 15) is 9.59 Å². The first-order valence-corrected chi connectivity index (χ1v) is 12.7. The molecule has 1 N–H and O–H groups in total. The Morgan fingerprint density at radius 3 is 2.42 bits per heavy atom. The van der Waals surface area contributed by atoms with Gasteiger partial charge in [0.05, 0.1) is 6.54 Å². The minimum absolute atomic E-state index is 0.230. The van der Waals surface area contributed by atoms with Gasteiger partial charge in [-0.05, 0) is 74.4 Å². The summed E-state index contributed by atoms with van der Waals surface area (Å²) in [5.74, 6) is 0.410. The molecule has 0 radical (unpaired) electrons. The van der Waals surface area contributed by atoms with Crippen molar-refractivity contribution in [2.24, 2.45) is 0 Å². The summed E-state index contributed by atoms with van der Waals surface area (Å²) in [6.07, 6.45) is 1.75. The third-order valence-electron chi connectivity index (χ3n) is 6.60. The van der Waals surface area contributed by atoms with E-state index in [-0.39, 0.29) is 18.1 Å². The number of nitrogens with zero attached hydrogens (tertiary/aromatic N) is 2. The van der Waals surface area contributed by atoms with E-state index < -0.39 is 6.03 Å². The van der Waals surface area contributed by atoms with Gasteiger partial charge in [0.15, 0.2) is 0 Å². The molecule has 0 unspecified atom stereocenters. The minimum atomic E-state index is -0.413. The fraction of sp³-hybridized carbons (Fsp3) is 0.161. The Bertz CT molecular complexity index is 1550. The Hall–Kier alpha value is -4.29. The molecule has 1 saturated heterocycles. The summed E-state index contributed by atoms with van der Waals surface area (Å²) in [5.41, 5.74) is 6.99. The first-order chi connectivity index (χ1) is 18.3. The summed E-state index contributed by atoms with van der Waals surface area (Å²) in [5, 5.41) is 3.42. The number of nitrogens with one attached hydrogen (secondary N) is 1. The number of aromatic nitrogens is 1. The lowest BCUT2D eigenvalue weighted by Crippen LogP contribution is -2.30. The molecule has 38 heavy (non-hydrogen) atoms. The summed E-state index contributed by atoms with van der Waals surface area (Å²) in [7, 11) is 0. The Labute approximate surface area is 227 Å². The molecule has 5 rings (SSSR count). The zero-order valence-corrected chi connectivity index (χ0v) is 22.3. The van der Waals surface area contributed by atoms with Crippen molar-refractivity contribution in [3.8, 4) is 11.4 Å². The first kappa shape index (κ1) is 25.4. The van der Waals surface area contributed by atoms with E-state index in [0.717, 1.165) is 45.1 Å². The average molecular weight is 526 g/mol. The molecule has 1 aromatic heterocycles. The fourth-order valence-corrected chi connectivity index (χ4v) is 4.85. The summed E-state index contributed by atoms with van der Waals surface area (Å²) in [4.78, 5) is 26.9. The molecular weight excluding hydrogens is 498 g/mol. The predicted octanol–water partition coefficient (Wildman–Crippen LogP) is 6.73. The van der Waals surface area contributed by atoms with Crippen molar-refractivity contribution in [1.29, 1.82) is 0 Å². The third-order valence-corrected chi connectivity index (χ3v) is 6.97. The number of hydrogen-bond acceptors (Lipinski definition) is 3. The Morgan fingerprint density at radius 1 is 0.921 bits per heavy atom. The van der Waals surface area contributed by atoms with Crippen molar-refractivity contribution < 1.29 is 14.3 Å². The number of aryl methyl sites for hydroxylation is 2. The highest BCUT2D eigenvalue weighted by Gasteiger charge is 2.33. The Balaban J connectivity index is 1.32. The van der Waals surface area contributed by atoms with Gasteiger partial charge in [0, 0.05) is 27.7 Å². The average Bonchev–Trinajstić information content (AvgIpc) is 3.32. The molecule has 1 aliphatic heterocycles. The highest BCUT2D eigenvalue weighted by atomic mass is 35.5. The first-order valence-electron chi connectivity index (χ1n) is 12.4. The van der Waals surface area contributed by atoms with Crippen LogP contribution < -0.4 is 10.1 Å². The number of hydrogen-bond donors (Lipinski definition) is 1. The SMILES string of the molecule is Cc1cccc(CN2C(=O)N/C(=C/c3cc(C)n(-c4ccc(OCc5ccccc5Cl)cc4)c3C)C2=O)c1. The number of amides is 3. The van der Waals surface area contributed by atoms with Gasteiger partial charge in [0.1, 0.15) is 18.1 Å².